The standard InChI is InChI=1S/C13H13NO4S/c1-13(2)17-11(15)8(12(16)18-13)7-14-9-5-3-4-6-10(9)19/h3-7,14,19H,1-2H3. The SMILES string of the molecule is CC1(C)OC(=O)C(=CNc2ccccc2S)C(=O)O1. The van der Waals surface area contributed by atoms with E-state index < -0.39 is 17.7 Å². The Labute approximate surface area is 116 Å². The fourth-order valence-electron chi connectivity index (χ4n) is 1.52. The van der Waals surface area contributed by atoms with Crippen molar-refractivity contribution in [2.75, 3.05) is 5.32 Å². The van der Waals surface area contributed by atoms with Crippen molar-refractivity contribution in [2.45, 2.75) is 24.5 Å². The van der Waals surface area contributed by atoms with E-state index in [4.69, 9.17) is 9.47 Å². The quantitative estimate of drug-likeness (QED) is 0.376. The molecule has 100 valence electrons. The smallest absolute Gasteiger partial charge is 0.350 e. The van der Waals surface area contributed by atoms with Gasteiger partial charge in [-0.3, -0.25) is 0 Å². The largest absolute Gasteiger partial charge is 0.419 e. The monoisotopic (exact) mass is 279 g/mol. The summed E-state index contributed by atoms with van der Waals surface area (Å²) in [6, 6.07) is 7.18. The molecule has 1 aliphatic heterocycles. The number of para-hydroxylation sites is 1. The lowest BCUT2D eigenvalue weighted by atomic mass is 10.2. The average Bonchev–Trinajstić information content (AvgIpc) is 2.28. The summed E-state index contributed by atoms with van der Waals surface area (Å²) >= 11 is 4.24. The fraction of sp³-hybridized carbons (Fsp3) is 0.231. The molecule has 0 unspecified atom stereocenters. The molecule has 1 aliphatic rings. The average molecular weight is 279 g/mol. The van der Waals surface area contributed by atoms with Gasteiger partial charge in [0.1, 0.15) is 0 Å². The number of hydrogen-bond donors (Lipinski definition) is 2. The highest BCUT2D eigenvalue weighted by molar-refractivity contribution is 7.80. The van der Waals surface area contributed by atoms with Gasteiger partial charge in [-0.15, -0.1) is 12.6 Å². The zero-order chi connectivity index (χ0) is 14.0. The summed E-state index contributed by atoms with van der Waals surface area (Å²) in [4.78, 5) is 24.0. The van der Waals surface area contributed by atoms with Crippen molar-refractivity contribution in [3.63, 3.8) is 0 Å². The molecule has 1 fully saturated rings. The van der Waals surface area contributed by atoms with Gasteiger partial charge in [-0.25, -0.2) is 9.59 Å². The third-order valence-electron chi connectivity index (χ3n) is 2.39. The van der Waals surface area contributed by atoms with Crippen LogP contribution in [0.2, 0.25) is 0 Å². The van der Waals surface area contributed by atoms with E-state index in [1.54, 1.807) is 18.2 Å². The maximum Gasteiger partial charge on any atom is 0.350 e. The van der Waals surface area contributed by atoms with Crippen molar-refractivity contribution in [3.05, 3.63) is 36.0 Å². The first-order valence-electron chi connectivity index (χ1n) is 5.60. The molecule has 1 saturated heterocycles. The van der Waals surface area contributed by atoms with Crippen LogP contribution in [-0.2, 0) is 19.1 Å². The van der Waals surface area contributed by atoms with Gasteiger partial charge in [-0.2, -0.15) is 0 Å². The molecule has 0 saturated carbocycles. The zero-order valence-electron chi connectivity index (χ0n) is 10.5. The van der Waals surface area contributed by atoms with E-state index in [0.717, 1.165) is 0 Å². The lowest BCUT2D eigenvalue weighted by Crippen LogP contribution is -2.42. The molecule has 0 amide bonds. The third-order valence-corrected chi connectivity index (χ3v) is 2.78. The molecule has 0 atom stereocenters. The summed E-state index contributed by atoms with van der Waals surface area (Å²) in [5, 5.41) is 2.83. The van der Waals surface area contributed by atoms with Gasteiger partial charge < -0.3 is 14.8 Å². The van der Waals surface area contributed by atoms with E-state index in [-0.39, 0.29) is 5.57 Å². The molecule has 1 heterocycles. The number of ether oxygens (including phenoxy) is 2. The summed E-state index contributed by atoms with van der Waals surface area (Å²) in [6.07, 6.45) is 1.26. The Kier molecular flexibility index (Phi) is 3.53. The first-order chi connectivity index (χ1) is 8.89. The van der Waals surface area contributed by atoms with E-state index in [2.05, 4.69) is 17.9 Å². The summed E-state index contributed by atoms with van der Waals surface area (Å²) in [5.41, 5.74) is 0.486. The minimum atomic E-state index is -1.23. The number of nitrogens with one attached hydrogen (secondary N) is 1. The van der Waals surface area contributed by atoms with Gasteiger partial charge in [0.25, 0.3) is 5.79 Å². The van der Waals surface area contributed by atoms with Crippen molar-refractivity contribution in [3.8, 4) is 0 Å². The Morgan fingerprint density at radius 1 is 1.16 bits per heavy atom. The van der Waals surface area contributed by atoms with Crippen LogP contribution >= 0.6 is 12.6 Å². The van der Waals surface area contributed by atoms with Crippen LogP contribution in [0.5, 0.6) is 0 Å². The summed E-state index contributed by atoms with van der Waals surface area (Å²) in [5.74, 6) is -2.66. The topological polar surface area (TPSA) is 64.6 Å². The van der Waals surface area contributed by atoms with Gasteiger partial charge in [-0.1, -0.05) is 12.1 Å². The first kappa shape index (κ1) is 13.5. The highest BCUT2D eigenvalue weighted by Gasteiger charge is 2.38. The number of rotatable bonds is 2. The lowest BCUT2D eigenvalue weighted by Gasteiger charge is -2.29. The number of anilines is 1. The molecular weight excluding hydrogens is 266 g/mol. The lowest BCUT2D eigenvalue weighted by molar-refractivity contribution is -0.222. The number of carbonyl (C=O) groups excluding carboxylic acids is 2. The number of thiol groups is 1. The Morgan fingerprint density at radius 3 is 2.32 bits per heavy atom. The molecule has 0 radical (unpaired) electrons. The number of cyclic esters (lactones) is 2. The second-order valence-corrected chi connectivity index (χ2v) is 4.88. The van der Waals surface area contributed by atoms with E-state index in [1.165, 1.54) is 20.0 Å². The molecule has 2 rings (SSSR count). The van der Waals surface area contributed by atoms with Crippen LogP contribution in [0.4, 0.5) is 5.69 Å². The van der Waals surface area contributed by atoms with Crippen molar-refractivity contribution < 1.29 is 19.1 Å². The van der Waals surface area contributed by atoms with E-state index in [0.29, 0.717) is 10.6 Å². The molecule has 0 aromatic heterocycles. The van der Waals surface area contributed by atoms with E-state index in [1.807, 2.05) is 6.07 Å². The van der Waals surface area contributed by atoms with Crippen LogP contribution in [0.25, 0.3) is 0 Å². The number of esters is 2. The molecule has 1 N–H and O–H groups in total. The van der Waals surface area contributed by atoms with Crippen LogP contribution in [0.15, 0.2) is 40.9 Å². The van der Waals surface area contributed by atoms with Gasteiger partial charge in [0, 0.05) is 24.9 Å². The van der Waals surface area contributed by atoms with Gasteiger partial charge in [0.05, 0.1) is 5.69 Å². The number of carbonyl (C=O) groups is 2. The van der Waals surface area contributed by atoms with Gasteiger partial charge in [0.15, 0.2) is 5.57 Å². The molecular formula is C13H13NO4S. The third kappa shape index (κ3) is 3.08. The Bertz CT molecular complexity index is 544. The Balaban J connectivity index is 2.18. The highest BCUT2D eigenvalue weighted by Crippen LogP contribution is 2.24. The zero-order valence-corrected chi connectivity index (χ0v) is 11.4. The van der Waals surface area contributed by atoms with Crippen LogP contribution < -0.4 is 5.32 Å². The number of benzene rings is 1. The molecule has 0 spiro atoms. The van der Waals surface area contributed by atoms with Crippen molar-refractivity contribution in [2.24, 2.45) is 0 Å². The molecule has 6 heteroatoms. The van der Waals surface area contributed by atoms with Crippen molar-refractivity contribution in [1.29, 1.82) is 0 Å². The molecule has 19 heavy (non-hydrogen) atoms. The highest BCUT2D eigenvalue weighted by atomic mass is 32.1. The Hall–Kier alpha value is -1.95. The van der Waals surface area contributed by atoms with Crippen molar-refractivity contribution >= 4 is 30.3 Å². The van der Waals surface area contributed by atoms with Gasteiger partial charge in [-0.05, 0) is 12.1 Å². The van der Waals surface area contributed by atoms with Crippen LogP contribution in [0, 0.1) is 0 Å². The van der Waals surface area contributed by atoms with Crippen LogP contribution in [0.3, 0.4) is 0 Å². The summed E-state index contributed by atoms with van der Waals surface area (Å²) in [6.45, 7) is 2.99. The first-order valence-corrected chi connectivity index (χ1v) is 6.05. The van der Waals surface area contributed by atoms with Crippen LogP contribution in [-0.4, -0.2) is 17.7 Å². The van der Waals surface area contributed by atoms with E-state index in [9.17, 15) is 9.59 Å². The minimum absolute atomic E-state index is 0.184. The van der Waals surface area contributed by atoms with Crippen molar-refractivity contribution in [1.82, 2.24) is 0 Å². The second-order valence-electron chi connectivity index (χ2n) is 4.40. The minimum Gasteiger partial charge on any atom is -0.419 e. The van der Waals surface area contributed by atoms with E-state index >= 15 is 0 Å². The second kappa shape index (κ2) is 4.97. The van der Waals surface area contributed by atoms with Gasteiger partial charge in [0.2, 0.25) is 0 Å². The number of hydrogen-bond acceptors (Lipinski definition) is 6. The van der Waals surface area contributed by atoms with Crippen LogP contribution in [0.1, 0.15) is 13.8 Å². The summed E-state index contributed by atoms with van der Waals surface area (Å²) < 4.78 is 9.93. The fourth-order valence-corrected chi connectivity index (χ4v) is 1.75. The molecule has 0 bridgehead atoms. The predicted octanol–water partition coefficient (Wildman–Crippen LogP) is 2.11. The predicted molar refractivity (Wildman–Crippen MR) is 71.7 cm³/mol. The maximum atomic E-state index is 11.7. The molecule has 5 nitrogen and oxygen atoms in total. The molecule has 1 aromatic rings. The summed E-state index contributed by atoms with van der Waals surface area (Å²) in [7, 11) is 0. The normalized spacial score (nSPS) is 17.5. The maximum absolute atomic E-state index is 11.7. The Morgan fingerprint density at radius 2 is 1.74 bits per heavy atom. The molecule has 0 aliphatic carbocycles. The van der Waals surface area contributed by atoms with Gasteiger partial charge >= 0.3 is 11.9 Å². The molecule has 1 aromatic carbocycles.